The van der Waals surface area contributed by atoms with Crippen LogP contribution in [-0.4, -0.2) is 5.78 Å². The summed E-state index contributed by atoms with van der Waals surface area (Å²) in [6.07, 6.45) is 7.59. The third-order valence-corrected chi connectivity index (χ3v) is 1.88. The molecule has 1 nitrogen and oxygen atoms in total. The predicted octanol–water partition coefficient (Wildman–Crippen LogP) is 1.38. The Labute approximate surface area is 55.4 Å². The lowest BCUT2D eigenvalue weighted by atomic mass is 10.0. The fourth-order valence-electron chi connectivity index (χ4n) is 0.967. The second kappa shape index (κ2) is 1.88. The van der Waals surface area contributed by atoms with E-state index >= 15 is 0 Å². The van der Waals surface area contributed by atoms with Gasteiger partial charge in [0.1, 0.15) is 0 Å². The molecule has 48 valence electrons. The molecule has 0 aromatic rings. The lowest BCUT2D eigenvalue weighted by Gasteiger charge is -2.00. The van der Waals surface area contributed by atoms with Crippen LogP contribution in [0.4, 0.5) is 0 Å². The Morgan fingerprint density at radius 1 is 1.78 bits per heavy atom. The number of ketones is 1. The van der Waals surface area contributed by atoms with Crippen molar-refractivity contribution in [2.75, 3.05) is 0 Å². The Kier molecular flexibility index (Phi) is 1.32. The first-order valence-electron chi connectivity index (χ1n) is 3.26. The van der Waals surface area contributed by atoms with Crippen molar-refractivity contribution >= 4 is 5.78 Å². The second-order valence-corrected chi connectivity index (χ2v) is 2.50. The Morgan fingerprint density at radius 3 is 2.44 bits per heavy atom. The number of terminal acetylenes is 1. The number of carbonyl (C=O) groups is 1. The van der Waals surface area contributed by atoms with Crippen molar-refractivity contribution in [1.82, 2.24) is 0 Å². The quantitative estimate of drug-likeness (QED) is 0.506. The summed E-state index contributed by atoms with van der Waals surface area (Å²) in [5.74, 6) is 2.79. The molecule has 0 spiro atoms. The van der Waals surface area contributed by atoms with Gasteiger partial charge in [0.25, 0.3) is 0 Å². The summed E-state index contributed by atoms with van der Waals surface area (Å²) < 4.78 is 0. The number of Topliss-reactive ketones (excluding diaryl/α,β-unsaturated/α-hetero) is 1. The first-order chi connectivity index (χ1) is 4.25. The van der Waals surface area contributed by atoms with E-state index in [1.54, 1.807) is 0 Å². The number of hydrogen-bond acceptors (Lipinski definition) is 1. The molecule has 1 rings (SSSR count). The van der Waals surface area contributed by atoms with Gasteiger partial charge in [0.15, 0.2) is 5.78 Å². The number of hydrogen-bond donors (Lipinski definition) is 0. The van der Waals surface area contributed by atoms with E-state index < -0.39 is 0 Å². The minimum atomic E-state index is -0.311. The molecule has 0 unspecified atom stereocenters. The van der Waals surface area contributed by atoms with Crippen LogP contribution in [0.3, 0.4) is 0 Å². The zero-order valence-corrected chi connectivity index (χ0v) is 5.61. The van der Waals surface area contributed by atoms with E-state index in [2.05, 4.69) is 5.92 Å². The third-order valence-electron chi connectivity index (χ3n) is 1.88. The van der Waals surface area contributed by atoms with Gasteiger partial charge in [-0.25, -0.2) is 0 Å². The molecular formula is C8H10O. The van der Waals surface area contributed by atoms with Gasteiger partial charge in [0.05, 0.1) is 5.41 Å². The summed E-state index contributed by atoms with van der Waals surface area (Å²) in [6, 6.07) is 0. The van der Waals surface area contributed by atoms with Crippen molar-refractivity contribution < 1.29 is 4.79 Å². The van der Waals surface area contributed by atoms with Gasteiger partial charge in [-0.05, 0) is 12.8 Å². The summed E-state index contributed by atoms with van der Waals surface area (Å²) in [7, 11) is 0. The van der Waals surface area contributed by atoms with E-state index in [0.717, 1.165) is 12.8 Å². The van der Waals surface area contributed by atoms with Crippen LogP contribution >= 0.6 is 0 Å². The van der Waals surface area contributed by atoms with Gasteiger partial charge in [-0.3, -0.25) is 4.79 Å². The van der Waals surface area contributed by atoms with Crippen LogP contribution in [-0.2, 0) is 4.79 Å². The van der Waals surface area contributed by atoms with Crippen LogP contribution in [0.15, 0.2) is 0 Å². The molecule has 1 aliphatic rings. The van der Waals surface area contributed by atoms with Crippen LogP contribution in [0.5, 0.6) is 0 Å². The molecule has 1 saturated carbocycles. The van der Waals surface area contributed by atoms with Crippen molar-refractivity contribution in [3.8, 4) is 12.3 Å². The van der Waals surface area contributed by atoms with Crippen LogP contribution < -0.4 is 0 Å². The summed E-state index contributed by atoms with van der Waals surface area (Å²) in [5.41, 5.74) is -0.311. The maximum absolute atomic E-state index is 11.0. The van der Waals surface area contributed by atoms with Crippen LogP contribution in [0.2, 0.25) is 0 Å². The van der Waals surface area contributed by atoms with Gasteiger partial charge in [-0.2, -0.15) is 0 Å². The van der Waals surface area contributed by atoms with Crippen LogP contribution in [0.1, 0.15) is 26.2 Å². The van der Waals surface area contributed by atoms with E-state index in [-0.39, 0.29) is 11.2 Å². The van der Waals surface area contributed by atoms with Gasteiger partial charge < -0.3 is 0 Å². The van der Waals surface area contributed by atoms with Gasteiger partial charge in [0.2, 0.25) is 0 Å². The van der Waals surface area contributed by atoms with E-state index in [1.165, 1.54) is 0 Å². The zero-order chi connectivity index (χ0) is 6.91. The summed E-state index contributed by atoms with van der Waals surface area (Å²) >= 11 is 0. The first kappa shape index (κ1) is 6.35. The SMILES string of the molecule is C#CC1(C(=O)CC)CC1. The van der Waals surface area contributed by atoms with E-state index in [4.69, 9.17) is 6.42 Å². The molecule has 0 atom stereocenters. The maximum atomic E-state index is 11.0. The molecule has 1 fully saturated rings. The average molecular weight is 122 g/mol. The molecule has 0 N–H and O–H groups in total. The Bertz CT molecular complexity index is 169. The Hall–Kier alpha value is -0.770. The lowest BCUT2D eigenvalue weighted by molar-refractivity contribution is -0.121. The van der Waals surface area contributed by atoms with Crippen molar-refractivity contribution in [3.05, 3.63) is 0 Å². The molecule has 1 heteroatoms. The van der Waals surface area contributed by atoms with Crippen molar-refractivity contribution in [1.29, 1.82) is 0 Å². The van der Waals surface area contributed by atoms with E-state index in [9.17, 15) is 4.79 Å². The van der Waals surface area contributed by atoms with Gasteiger partial charge in [-0.15, -0.1) is 6.42 Å². The van der Waals surface area contributed by atoms with Crippen molar-refractivity contribution in [2.24, 2.45) is 5.41 Å². The standard InChI is InChI=1S/C8H10O/c1-3-7(9)8(4-2)5-6-8/h2H,3,5-6H2,1H3. The molecule has 9 heavy (non-hydrogen) atoms. The highest BCUT2D eigenvalue weighted by molar-refractivity contribution is 5.90. The van der Waals surface area contributed by atoms with E-state index in [1.807, 2.05) is 6.92 Å². The maximum Gasteiger partial charge on any atom is 0.150 e. The second-order valence-electron chi connectivity index (χ2n) is 2.50. The molecule has 0 saturated heterocycles. The van der Waals surface area contributed by atoms with Gasteiger partial charge in [0, 0.05) is 6.42 Å². The van der Waals surface area contributed by atoms with Gasteiger partial charge >= 0.3 is 0 Å². The Balaban J connectivity index is 2.63. The zero-order valence-electron chi connectivity index (χ0n) is 5.61. The highest BCUT2D eigenvalue weighted by Gasteiger charge is 2.46. The molecule has 0 amide bonds. The molecule has 0 radical (unpaired) electrons. The third kappa shape index (κ3) is 0.853. The molecule has 0 heterocycles. The minimum absolute atomic E-state index is 0.241. The fraction of sp³-hybridized carbons (Fsp3) is 0.625. The van der Waals surface area contributed by atoms with E-state index in [0.29, 0.717) is 6.42 Å². The van der Waals surface area contributed by atoms with Gasteiger partial charge in [-0.1, -0.05) is 12.8 Å². The number of carbonyl (C=O) groups excluding carboxylic acids is 1. The van der Waals surface area contributed by atoms with Crippen LogP contribution in [0.25, 0.3) is 0 Å². The summed E-state index contributed by atoms with van der Waals surface area (Å²) in [4.78, 5) is 11.0. The normalized spacial score (nSPS) is 20.4. The molecule has 1 aliphatic carbocycles. The van der Waals surface area contributed by atoms with Crippen molar-refractivity contribution in [2.45, 2.75) is 26.2 Å². The highest BCUT2D eigenvalue weighted by Crippen LogP contribution is 2.46. The first-order valence-corrected chi connectivity index (χ1v) is 3.26. The molecular weight excluding hydrogens is 112 g/mol. The lowest BCUT2D eigenvalue weighted by Crippen LogP contribution is -2.11. The smallest absolute Gasteiger partial charge is 0.150 e. The predicted molar refractivity (Wildman–Crippen MR) is 35.8 cm³/mol. The molecule has 0 aliphatic heterocycles. The summed E-state index contributed by atoms with van der Waals surface area (Å²) in [6.45, 7) is 1.86. The molecule has 0 aromatic carbocycles. The van der Waals surface area contributed by atoms with Crippen molar-refractivity contribution in [3.63, 3.8) is 0 Å². The largest absolute Gasteiger partial charge is 0.298 e. The topological polar surface area (TPSA) is 17.1 Å². The minimum Gasteiger partial charge on any atom is -0.298 e. The number of rotatable bonds is 2. The molecule has 0 bridgehead atoms. The fourth-order valence-corrected chi connectivity index (χ4v) is 0.967. The Morgan fingerprint density at radius 2 is 2.33 bits per heavy atom. The highest BCUT2D eigenvalue weighted by atomic mass is 16.1. The summed E-state index contributed by atoms with van der Waals surface area (Å²) in [5, 5.41) is 0. The molecule has 0 aromatic heterocycles. The van der Waals surface area contributed by atoms with Crippen LogP contribution in [0, 0.1) is 17.8 Å². The monoisotopic (exact) mass is 122 g/mol. The average Bonchev–Trinajstić information content (AvgIpc) is 2.66.